The molecule has 0 aromatic rings. The number of aliphatic imine (C=N–C) groups is 1. The van der Waals surface area contributed by atoms with Crippen molar-refractivity contribution >= 4 is 21.6 Å². The molecule has 1 aliphatic rings. The van der Waals surface area contributed by atoms with Crippen molar-refractivity contribution in [2.75, 3.05) is 14.2 Å². The third-order valence-electron chi connectivity index (χ3n) is 1.83. The number of halogens is 1. The number of nitrogens with zero attached hydrogens (tertiary/aromatic N) is 1. The van der Waals surface area contributed by atoms with E-state index >= 15 is 0 Å². The van der Waals surface area contributed by atoms with E-state index in [2.05, 4.69) is 20.9 Å². The maximum Gasteiger partial charge on any atom is 0.112 e. The number of hydrogen-bond acceptors (Lipinski definition) is 2. The van der Waals surface area contributed by atoms with Crippen LogP contribution < -0.4 is 0 Å². The van der Waals surface area contributed by atoms with Crippen LogP contribution in [-0.2, 0) is 4.74 Å². The van der Waals surface area contributed by atoms with Gasteiger partial charge in [-0.05, 0) is 28.8 Å². The highest BCUT2D eigenvalue weighted by atomic mass is 79.9. The molecule has 62 valence electrons. The normalized spacial score (nSPS) is 22.6. The summed E-state index contributed by atoms with van der Waals surface area (Å²) in [5.41, 5.74) is 1.12. The van der Waals surface area contributed by atoms with Gasteiger partial charge in [-0.25, -0.2) is 0 Å². The minimum atomic E-state index is 1.02. The molecule has 0 unspecified atom stereocenters. The lowest BCUT2D eigenvalue weighted by Gasteiger charge is -2.16. The Morgan fingerprint density at radius 3 is 2.73 bits per heavy atom. The zero-order chi connectivity index (χ0) is 8.27. The minimum absolute atomic E-state index is 1.02. The fraction of sp³-hybridized carbons (Fsp3) is 0.625. The monoisotopic (exact) mass is 217 g/mol. The molecular formula is C8H12BrNO. The predicted octanol–water partition coefficient (Wildman–Crippen LogP) is 2.49. The number of rotatable bonds is 1. The molecule has 3 heteroatoms. The molecule has 0 saturated carbocycles. The SMILES string of the molecule is CN=C1CCCC(OC)=C1Br. The van der Waals surface area contributed by atoms with Gasteiger partial charge in [0.05, 0.1) is 17.3 Å². The van der Waals surface area contributed by atoms with Gasteiger partial charge in [-0.2, -0.15) is 0 Å². The molecular weight excluding hydrogens is 206 g/mol. The topological polar surface area (TPSA) is 21.6 Å². The molecule has 2 nitrogen and oxygen atoms in total. The van der Waals surface area contributed by atoms with E-state index in [4.69, 9.17) is 4.74 Å². The van der Waals surface area contributed by atoms with Gasteiger partial charge in [0.25, 0.3) is 0 Å². The summed E-state index contributed by atoms with van der Waals surface area (Å²) in [5.74, 6) is 1.02. The molecule has 0 aliphatic heterocycles. The van der Waals surface area contributed by atoms with Gasteiger partial charge < -0.3 is 4.74 Å². The molecule has 1 rings (SSSR count). The van der Waals surface area contributed by atoms with Crippen LogP contribution >= 0.6 is 15.9 Å². The zero-order valence-electron chi connectivity index (χ0n) is 6.85. The van der Waals surface area contributed by atoms with E-state index in [9.17, 15) is 0 Å². The van der Waals surface area contributed by atoms with E-state index in [-0.39, 0.29) is 0 Å². The molecule has 0 radical (unpaired) electrons. The van der Waals surface area contributed by atoms with Crippen molar-refractivity contribution in [2.24, 2.45) is 4.99 Å². The largest absolute Gasteiger partial charge is 0.500 e. The third kappa shape index (κ3) is 1.83. The van der Waals surface area contributed by atoms with Gasteiger partial charge in [0.1, 0.15) is 5.76 Å². The molecule has 1 aliphatic carbocycles. The van der Waals surface area contributed by atoms with E-state index in [1.54, 1.807) is 7.11 Å². The lowest BCUT2D eigenvalue weighted by Crippen LogP contribution is -2.08. The molecule has 0 spiro atoms. The van der Waals surface area contributed by atoms with Crippen LogP contribution in [0.1, 0.15) is 19.3 Å². The lowest BCUT2D eigenvalue weighted by molar-refractivity contribution is 0.273. The molecule has 0 heterocycles. The summed E-state index contributed by atoms with van der Waals surface area (Å²) in [6.07, 6.45) is 3.23. The number of ether oxygens (including phenoxy) is 1. The van der Waals surface area contributed by atoms with E-state index in [1.807, 2.05) is 7.05 Å². The number of allylic oxidation sites excluding steroid dienone is 2. The molecule has 0 bridgehead atoms. The van der Waals surface area contributed by atoms with Crippen molar-refractivity contribution in [3.63, 3.8) is 0 Å². The highest BCUT2D eigenvalue weighted by molar-refractivity contribution is 9.12. The fourth-order valence-electron chi connectivity index (χ4n) is 1.20. The maximum absolute atomic E-state index is 5.19. The van der Waals surface area contributed by atoms with E-state index in [0.717, 1.165) is 35.2 Å². The van der Waals surface area contributed by atoms with Crippen LogP contribution in [0.5, 0.6) is 0 Å². The first-order valence-corrected chi connectivity index (χ1v) is 4.47. The molecule has 0 fully saturated rings. The number of hydrogen-bond donors (Lipinski definition) is 0. The Morgan fingerprint density at radius 1 is 1.45 bits per heavy atom. The maximum atomic E-state index is 5.19. The lowest BCUT2D eigenvalue weighted by atomic mass is 10.0. The molecule has 0 aromatic heterocycles. The summed E-state index contributed by atoms with van der Waals surface area (Å²) < 4.78 is 6.24. The van der Waals surface area contributed by atoms with Crippen LogP contribution in [0.4, 0.5) is 0 Å². The molecule has 0 atom stereocenters. The van der Waals surface area contributed by atoms with Crippen molar-refractivity contribution < 1.29 is 4.74 Å². The Bertz CT molecular complexity index is 208. The highest BCUT2D eigenvalue weighted by Crippen LogP contribution is 2.27. The summed E-state index contributed by atoms with van der Waals surface area (Å²) in [7, 11) is 3.52. The summed E-state index contributed by atoms with van der Waals surface area (Å²) in [6, 6.07) is 0. The number of methoxy groups -OCH3 is 1. The van der Waals surface area contributed by atoms with E-state index < -0.39 is 0 Å². The second kappa shape index (κ2) is 3.90. The summed E-state index contributed by atoms with van der Waals surface area (Å²) in [4.78, 5) is 4.16. The fourth-order valence-corrected chi connectivity index (χ4v) is 1.93. The average molecular weight is 218 g/mol. The van der Waals surface area contributed by atoms with Gasteiger partial charge in [-0.15, -0.1) is 0 Å². The van der Waals surface area contributed by atoms with E-state index in [0.29, 0.717) is 0 Å². The van der Waals surface area contributed by atoms with Crippen LogP contribution in [0.15, 0.2) is 15.2 Å². The Hall–Kier alpha value is -0.310. The summed E-state index contributed by atoms with van der Waals surface area (Å²) >= 11 is 3.47. The van der Waals surface area contributed by atoms with Crippen molar-refractivity contribution in [1.29, 1.82) is 0 Å². The average Bonchev–Trinajstić information content (AvgIpc) is 2.05. The smallest absolute Gasteiger partial charge is 0.112 e. The Balaban J connectivity index is 2.89. The van der Waals surface area contributed by atoms with Gasteiger partial charge in [0, 0.05) is 13.5 Å². The van der Waals surface area contributed by atoms with Gasteiger partial charge in [-0.1, -0.05) is 0 Å². The van der Waals surface area contributed by atoms with Crippen LogP contribution in [0.2, 0.25) is 0 Å². The predicted molar refractivity (Wildman–Crippen MR) is 50.2 cm³/mol. The molecule has 11 heavy (non-hydrogen) atoms. The van der Waals surface area contributed by atoms with Crippen molar-refractivity contribution in [2.45, 2.75) is 19.3 Å². The minimum Gasteiger partial charge on any atom is -0.500 e. The van der Waals surface area contributed by atoms with Gasteiger partial charge >= 0.3 is 0 Å². The summed E-state index contributed by atoms with van der Waals surface area (Å²) in [5, 5.41) is 0. The first kappa shape index (κ1) is 8.78. The Labute approximate surface area is 75.5 Å². The zero-order valence-corrected chi connectivity index (χ0v) is 8.44. The Morgan fingerprint density at radius 2 is 2.18 bits per heavy atom. The van der Waals surface area contributed by atoms with Gasteiger partial charge in [0.2, 0.25) is 0 Å². The van der Waals surface area contributed by atoms with Crippen LogP contribution in [0, 0.1) is 0 Å². The first-order valence-electron chi connectivity index (χ1n) is 3.68. The van der Waals surface area contributed by atoms with Crippen LogP contribution in [0.3, 0.4) is 0 Å². The quantitative estimate of drug-likeness (QED) is 0.662. The standard InChI is InChI=1S/C8H12BrNO/c1-10-6-4-3-5-7(11-2)8(6)9/h3-5H2,1-2H3. The van der Waals surface area contributed by atoms with Crippen molar-refractivity contribution in [3.05, 3.63) is 10.2 Å². The molecule has 0 saturated heterocycles. The van der Waals surface area contributed by atoms with Gasteiger partial charge in [-0.3, -0.25) is 4.99 Å². The second-order valence-corrected chi connectivity index (χ2v) is 3.26. The summed E-state index contributed by atoms with van der Waals surface area (Å²) in [6.45, 7) is 0. The molecule has 0 amide bonds. The second-order valence-electron chi connectivity index (χ2n) is 2.47. The third-order valence-corrected chi connectivity index (χ3v) is 2.73. The van der Waals surface area contributed by atoms with E-state index in [1.165, 1.54) is 0 Å². The molecule has 0 aromatic carbocycles. The van der Waals surface area contributed by atoms with Crippen molar-refractivity contribution in [3.8, 4) is 0 Å². The Kier molecular flexibility index (Phi) is 3.12. The van der Waals surface area contributed by atoms with Gasteiger partial charge in [0.15, 0.2) is 0 Å². The molecule has 0 N–H and O–H groups in total. The van der Waals surface area contributed by atoms with Crippen LogP contribution in [0.25, 0.3) is 0 Å². The first-order chi connectivity index (χ1) is 5.29. The van der Waals surface area contributed by atoms with Crippen LogP contribution in [-0.4, -0.2) is 19.9 Å². The van der Waals surface area contributed by atoms with Crippen molar-refractivity contribution in [1.82, 2.24) is 0 Å². The highest BCUT2D eigenvalue weighted by Gasteiger charge is 2.15.